The van der Waals surface area contributed by atoms with Gasteiger partial charge in [-0.25, -0.2) is 8.42 Å². The van der Waals surface area contributed by atoms with E-state index in [-0.39, 0.29) is 16.7 Å². The highest BCUT2D eigenvalue weighted by molar-refractivity contribution is 7.89. The molecule has 2 aromatic carbocycles. The van der Waals surface area contributed by atoms with Crippen molar-refractivity contribution in [1.82, 2.24) is 4.31 Å². The highest BCUT2D eigenvalue weighted by Gasteiger charge is 2.38. The molecule has 1 aliphatic carbocycles. The fourth-order valence-corrected chi connectivity index (χ4v) is 4.63. The number of ketones is 1. The van der Waals surface area contributed by atoms with Crippen molar-refractivity contribution in [2.45, 2.75) is 57.0 Å². The second-order valence-corrected chi connectivity index (χ2v) is 9.15. The van der Waals surface area contributed by atoms with E-state index in [0.29, 0.717) is 18.0 Å². The van der Waals surface area contributed by atoms with Crippen LogP contribution in [0.3, 0.4) is 0 Å². The molecule has 0 aliphatic heterocycles. The predicted octanol–water partition coefficient (Wildman–Crippen LogP) is 4.37. The first-order valence-corrected chi connectivity index (χ1v) is 10.4. The van der Waals surface area contributed by atoms with E-state index in [1.807, 2.05) is 12.1 Å². The van der Waals surface area contributed by atoms with Crippen molar-refractivity contribution < 1.29 is 13.2 Å². The van der Waals surface area contributed by atoms with Gasteiger partial charge in [-0.05, 0) is 48.9 Å². The first-order chi connectivity index (χ1) is 12.3. The summed E-state index contributed by atoms with van der Waals surface area (Å²) < 4.78 is 27.8. The zero-order valence-electron chi connectivity index (χ0n) is 15.5. The first kappa shape index (κ1) is 18.8. The van der Waals surface area contributed by atoms with Crippen LogP contribution in [0.4, 0.5) is 0 Å². The lowest BCUT2D eigenvalue weighted by Gasteiger charge is -2.22. The number of rotatable bonds is 7. The molecule has 0 bridgehead atoms. The second-order valence-electron chi connectivity index (χ2n) is 7.26. The molecule has 2 aromatic rings. The summed E-state index contributed by atoms with van der Waals surface area (Å²) in [5.41, 5.74) is 2.76. The minimum Gasteiger partial charge on any atom is -0.295 e. The molecule has 0 saturated heterocycles. The average molecular weight is 372 g/mol. The number of benzene rings is 2. The molecule has 1 saturated carbocycles. The van der Waals surface area contributed by atoms with Crippen LogP contribution in [0.5, 0.6) is 0 Å². The number of nitrogens with zero attached hydrogens (tertiary/aromatic N) is 1. The lowest BCUT2D eigenvalue weighted by molar-refractivity contribution is 0.101. The number of carbonyl (C=O) groups excluding carboxylic acids is 1. The molecule has 0 aromatic heterocycles. The number of hydrogen-bond donors (Lipinski definition) is 0. The molecule has 0 N–H and O–H groups in total. The fraction of sp³-hybridized carbons (Fsp3) is 0.381. The number of sulfonamides is 1. The molecular weight excluding hydrogens is 346 g/mol. The summed E-state index contributed by atoms with van der Waals surface area (Å²) in [6.07, 6.45) is 1.80. The van der Waals surface area contributed by atoms with E-state index in [0.717, 1.165) is 18.4 Å². The molecule has 0 unspecified atom stereocenters. The Morgan fingerprint density at radius 3 is 2.08 bits per heavy atom. The molecule has 0 radical (unpaired) electrons. The van der Waals surface area contributed by atoms with Crippen LogP contribution < -0.4 is 0 Å². The Bertz CT molecular complexity index is 880. The molecule has 138 valence electrons. The van der Waals surface area contributed by atoms with Gasteiger partial charge >= 0.3 is 0 Å². The van der Waals surface area contributed by atoms with E-state index in [1.165, 1.54) is 24.6 Å². The Morgan fingerprint density at radius 2 is 1.62 bits per heavy atom. The van der Waals surface area contributed by atoms with Gasteiger partial charge in [0.1, 0.15) is 0 Å². The van der Waals surface area contributed by atoms with Crippen LogP contribution in [0.15, 0.2) is 53.4 Å². The standard InChI is InChI=1S/C21H25NO3S/c1-15(2)18-6-4-17(5-7-18)14-22(20-10-11-20)26(24,25)21-12-8-19(9-13-21)16(3)23/h4-9,12-13,15,20H,10-11,14H2,1-3H3. The van der Waals surface area contributed by atoms with E-state index < -0.39 is 10.0 Å². The van der Waals surface area contributed by atoms with Crippen LogP contribution in [-0.4, -0.2) is 24.5 Å². The maximum atomic E-state index is 13.1. The summed E-state index contributed by atoms with van der Waals surface area (Å²) >= 11 is 0. The molecule has 0 spiro atoms. The van der Waals surface area contributed by atoms with Gasteiger partial charge in [-0.2, -0.15) is 4.31 Å². The van der Waals surface area contributed by atoms with Crippen LogP contribution >= 0.6 is 0 Å². The number of carbonyl (C=O) groups is 1. The predicted molar refractivity (Wildman–Crippen MR) is 103 cm³/mol. The van der Waals surface area contributed by atoms with E-state index in [9.17, 15) is 13.2 Å². The summed E-state index contributed by atoms with van der Waals surface area (Å²) in [5.74, 6) is 0.380. The van der Waals surface area contributed by atoms with Crippen LogP contribution in [-0.2, 0) is 16.6 Å². The Hall–Kier alpha value is -1.98. The molecule has 26 heavy (non-hydrogen) atoms. The van der Waals surface area contributed by atoms with Gasteiger partial charge in [-0.15, -0.1) is 0 Å². The molecular formula is C21H25NO3S. The largest absolute Gasteiger partial charge is 0.295 e. The van der Waals surface area contributed by atoms with Gasteiger partial charge in [0.2, 0.25) is 10.0 Å². The minimum absolute atomic E-state index is 0.0669. The summed E-state index contributed by atoms with van der Waals surface area (Å²) in [7, 11) is -3.58. The second kappa shape index (κ2) is 7.33. The van der Waals surface area contributed by atoms with Gasteiger partial charge in [0.15, 0.2) is 5.78 Å². The number of hydrogen-bond acceptors (Lipinski definition) is 3. The zero-order valence-corrected chi connectivity index (χ0v) is 16.3. The third-order valence-electron chi connectivity index (χ3n) is 4.81. The quantitative estimate of drug-likeness (QED) is 0.679. The van der Waals surface area contributed by atoms with E-state index >= 15 is 0 Å². The van der Waals surface area contributed by atoms with Crippen LogP contribution in [0.25, 0.3) is 0 Å². The minimum atomic E-state index is -3.58. The maximum absolute atomic E-state index is 13.1. The van der Waals surface area contributed by atoms with Crippen molar-refractivity contribution in [3.05, 3.63) is 65.2 Å². The van der Waals surface area contributed by atoms with Crippen molar-refractivity contribution in [1.29, 1.82) is 0 Å². The molecule has 0 heterocycles. The summed E-state index contributed by atoms with van der Waals surface area (Å²) in [6, 6.07) is 14.5. The molecule has 0 atom stereocenters. The van der Waals surface area contributed by atoms with Gasteiger partial charge in [-0.3, -0.25) is 4.79 Å². The lowest BCUT2D eigenvalue weighted by atomic mass is 10.0. The topological polar surface area (TPSA) is 54.5 Å². The van der Waals surface area contributed by atoms with Crippen molar-refractivity contribution in [3.63, 3.8) is 0 Å². The van der Waals surface area contributed by atoms with E-state index in [1.54, 1.807) is 16.4 Å². The fourth-order valence-electron chi connectivity index (χ4n) is 2.96. The average Bonchev–Trinajstić information content (AvgIpc) is 3.44. The normalized spacial score (nSPS) is 14.8. The SMILES string of the molecule is CC(=O)c1ccc(S(=O)(=O)N(Cc2ccc(C(C)C)cc2)C2CC2)cc1. The third kappa shape index (κ3) is 4.05. The van der Waals surface area contributed by atoms with Crippen molar-refractivity contribution in [2.75, 3.05) is 0 Å². The van der Waals surface area contributed by atoms with E-state index in [2.05, 4.69) is 26.0 Å². The Labute approximate surface area is 155 Å². The third-order valence-corrected chi connectivity index (χ3v) is 6.72. The first-order valence-electron chi connectivity index (χ1n) is 9.00. The van der Waals surface area contributed by atoms with E-state index in [4.69, 9.17) is 0 Å². The van der Waals surface area contributed by atoms with Crippen molar-refractivity contribution in [3.8, 4) is 0 Å². The van der Waals surface area contributed by atoms with Crippen molar-refractivity contribution >= 4 is 15.8 Å². The molecule has 5 heteroatoms. The van der Waals surface area contributed by atoms with Crippen LogP contribution in [0.1, 0.15) is 61.0 Å². The lowest BCUT2D eigenvalue weighted by Crippen LogP contribution is -2.32. The van der Waals surface area contributed by atoms with Gasteiger partial charge < -0.3 is 0 Å². The Kier molecular flexibility index (Phi) is 5.30. The smallest absolute Gasteiger partial charge is 0.243 e. The highest BCUT2D eigenvalue weighted by atomic mass is 32.2. The summed E-state index contributed by atoms with van der Waals surface area (Å²) in [6.45, 7) is 6.13. The molecule has 4 nitrogen and oxygen atoms in total. The highest BCUT2D eigenvalue weighted by Crippen LogP contribution is 2.33. The van der Waals surface area contributed by atoms with Crippen LogP contribution in [0, 0.1) is 0 Å². The van der Waals surface area contributed by atoms with Crippen molar-refractivity contribution in [2.24, 2.45) is 0 Å². The summed E-state index contributed by atoms with van der Waals surface area (Å²) in [4.78, 5) is 11.7. The Morgan fingerprint density at radius 1 is 1.04 bits per heavy atom. The zero-order chi connectivity index (χ0) is 18.9. The van der Waals surface area contributed by atoms with Gasteiger partial charge in [-0.1, -0.05) is 50.2 Å². The molecule has 3 rings (SSSR count). The molecule has 0 amide bonds. The monoisotopic (exact) mass is 371 g/mol. The van der Waals surface area contributed by atoms with Gasteiger partial charge in [0, 0.05) is 18.2 Å². The molecule has 1 fully saturated rings. The van der Waals surface area contributed by atoms with Gasteiger partial charge in [0.25, 0.3) is 0 Å². The Balaban J connectivity index is 1.85. The summed E-state index contributed by atoms with van der Waals surface area (Å²) in [5, 5.41) is 0. The maximum Gasteiger partial charge on any atom is 0.243 e. The van der Waals surface area contributed by atoms with Crippen LogP contribution in [0.2, 0.25) is 0 Å². The number of Topliss-reactive ketones (excluding diaryl/α,β-unsaturated/α-hetero) is 1. The molecule has 1 aliphatic rings. The van der Waals surface area contributed by atoms with Gasteiger partial charge in [0.05, 0.1) is 4.90 Å².